The molecule has 1 unspecified atom stereocenters. The van der Waals surface area contributed by atoms with Gasteiger partial charge in [0.1, 0.15) is 5.76 Å². The summed E-state index contributed by atoms with van der Waals surface area (Å²) in [5.41, 5.74) is 6.83. The summed E-state index contributed by atoms with van der Waals surface area (Å²) in [4.78, 5) is 0. The molecule has 3 heteroatoms. The third-order valence-corrected chi connectivity index (χ3v) is 2.59. The zero-order valence-corrected chi connectivity index (χ0v) is 7.12. The van der Waals surface area contributed by atoms with Gasteiger partial charge in [-0.2, -0.15) is 0 Å². The zero-order valence-electron chi connectivity index (χ0n) is 7.12. The van der Waals surface area contributed by atoms with E-state index < -0.39 is 0 Å². The summed E-state index contributed by atoms with van der Waals surface area (Å²) in [6, 6.07) is 0. The van der Waals surface area contributed by atoms with Crippen molar-refractivity contribution in [3.8, 4) is 0 Å². The number of hydrogen-bond donors (Lipinski definition) is 1. The maximum atomic E-state index is 5.53. The van der Waals surface area contributed by atoms with Crippen LogP contribution in [-0.2, 0) is 6.42 Å². The molecule has 0 aromatic carbocycles. The van der Waals surface area contributed by atoms with Crippen molar-refractivity contribution < 1.29 is 4.52 Å². The average molecular weight is 166 g/mol. The van der Waals surface area contributed by atoms with Crippen molar-refractivity contribution >= 4 is 0 Å². The van der Waals surface area contributed by atoms with Crippen molar-refractivity contribution in [2.45, 2.75) is 31.6 Å². The van der Waals surface area contributed by atoms with E-state index in [0.717, 1.165) is 25.1 Å². The summed E-state index contributed by atoms with van der Waals surface area (Å²) < 4.78 is 5.14. The van der Waals surface area contributed by atoms with Gasteiger partial charge in [-0.3, -0.25) is 0 Å². The molecule has 2 rings (SSSR count). The summed E-state index contributed by atoms with van der Waals surface area (Å²) in [7, 11) is 0. The summed E-state index contributed by atoms with van der Waals surface area (Å²) >= 11 is 0. The molecule has 1 aliphatic rings. The topological polar surface area (TPSA) is 52.0 Å². The van der Waals surface area contributed by atoms with Crippen molar-refractivity contribution in [1.29, 1.82) is 0 Å². The van der Waals surface area contributed by atoms with Gasteiger partial charge in [-0.15, -0.1) is 0 Å². The fourth-order valence-electron chi connectivity index (χ4n) is 1.96. The van der Waals surface area contributed by atoms with Gasteiger partial charge in [0.25, 0.3) is 0 Å². The summed E-state index contributed by atoms with van der Waals surface area (Å²) in [6.07, 6.45) is 6.43. The Bertz CT molecular complexity index is 257. The second-order valence-corrected chi connectivity index (χ2v) is 3.37. The van der Waals surface area contributed by atoms with E-state index in [0.29, 0.717) is 5.92 Å². The van der Waals surface area contributed by atoms with Gasteiger partial charge < -0.3 is 10.3 Å². The minimum absolute atomic E-state index is 0.602. The number of aryl methyl sites for hydroxylation is 1. The third kappa shape index (κ3) is 1.25. The normalized spacial score (nSPS) is 22.2. The van der Waals surface area contributed by atoms with E-state index in [-0.39, 0.29) is 0 Å². The molecule has 1 aromatic rings. The summed E-state index contributed by atoms with van der Waals surface area (Å²) in [6.45, 7) is 0.759. The van der Waals surface area contributed by atoms with Crippen molar-refractivity contribution in [2.75, 3.05) is 6.54 Å². The Labute approximate surface area is 71.9 Å². The van der Waals surface area contributed by atoms with Crippen LogP contribution in [0.1, 0.15) is 36.5 Å². The Hall–Kier alpha value is -0.830. The monoisotopic (exact) mass is 166 g/mol. The first-order chi connectivity index (χ1) is 5.92. The number of fused-ring (bicyclic) bond motifs is 1. The zero-order chi connectivity index (χ0) is 8.39. The van der Waals surface area contributed by atoms with E-state index in [1.54, 1.807) is 0 Å². The van der Waals surface area contributed by atoms with Gasteiger partial charge in [-0.1, -0.05) is 5.16 Å². The minimum atomic E-state index is 0.602. The van der Waals surface area contributed by atoms with E-state index in [1.807, 2.05) is 6.20 Å². The molecule has 66 valence electrons. The van der Waals surface area contributed by atoms with Crippen LogP contribution in [0, 0.1) is 0 Å². The number of hydrogen-bond acceptors (Lipinski definition) is 3. The number of nitrogens with zero attached hydrogens (tertiary/aromatic N) is 1. The van der Waals surface area contributed by atoms with Gasteiger partial charge in [-0.25, -0.2) is 0 Å². The molecule has 0 amide bonds. The Balaban J connectivity index is 2.19. The van der Waals surface area contributed by atoms with E-state index in [4.69, 9.17) is 10.3 Å². The van der Waals surface area contributed by atoms with Crippen LogP contribution in [0.5, 0.6) is 0 Å². The molecular formula is C9H14N2O. The van der Waals surface area contributed by atoms with Crippen LogP contribution in [-0.4, -0.2) is 11.7 Å². The molecule has 0 aliphatic heterocycles. The lowest BCUT2D eigenvalue weighted by molar-refractivity contribution is 0.363. The smallest absolute Gasteiger partial charge is 0.140 e. The first kappa shape index (κ1) is 7.80. The van der Waals surface area contributed by atoms with Gasteiger partial charge in [0.15, 0.2) is 0 Å². The molecule has 2 N–H and O–H groups in total. The van der Waals surface area contributed by atoms with E-state index in [9.17, 15) is 0 Å². The second kappa shape index (κ2) is 3.27. The van der Waals surface area contributed by atoms with Gasteiger partial charge in [0.05, 0.1) is 6.20 Å². The van der Waals surface area contributed by atoms with Gasteiger partial charge in [0.2, 0.25) is 0 Å². The Morgan fingerprint density at radius 1 is 1.67 bits per heavy atom. The molecule has 0 spiro atoms. The molecule has 0 saturated carbocycles. The standard InChI is InChI=1S/C9H14N2O/c10-5-4-7-2-1-3-9-8(7)6-11-12-9/h6-7H,1-5,10H2. The predicted molar refractivity (Wildman–Crippen MR) is 45.9 cm³/mol. The van der Waals surface area contributed by atoms with Crippen LogP contribution in [0.15, 0.2) is 10.7 Å². The lowest BCUT2D eigenvalue weighted by Gasteiger charge is -2.19. The minimum Gasteiger partial charge on any atom is -0.361 e. The first-order valence-corrected chi connectivity index (χ1v) is 4.55. The second-order valence-electron chi connectivity index (χ2n) is 3.37. The maximum absolute atomic E-state index is 5.53. The van der Waals surface area contributed by atoms with Crippen LogP contribution in [0.2, 0.25) is 0 Å². The molecule has 0 saturated heterocycles. The van der Waals surface area contributed by atoms with Crippen LogP contribution < -0.4 is 5.73 Å². The lowest BCUT2D eigenvalue weighted by atomic mass is 9.85. The van der Waals surface area contributed by atoms with E-state index in [1.165, 1.54) is 18.4 Å². The molecule has 1 aromatic heterocycles. The SMILES string of the molecule is NCCC1CCCc2oncc21. The Morgan fingerprint density at radius 3 is 3.42 bits per heavy atom. The molecule has 1 aliphatic carbocycles. The third-order valence-electron chi connectivity index (χ3n) is 2.59. The van der Waals surface area contributed by atoms with Crippen molar-refractivity contribution in [3.63, 3.8) is 0 Å². The van der Waals surface area contributed by atoms with Crippen LogP contribution in [0.25, 0.3) is 0 Å². The van der Waals surface area contributed by atoms with Gasteiger partial charge in [-0.05, 0) is 31.7 Å². The fraction of sp³-hybridized carbons (Fsp3) is 0.667. The molecule has 0 bridgehead atoms. The lowest BCUT2D eigenvalue weighted by Crippen LogP contribution is -2.12. The Morgan fingerprint density at radius 2 is 2.58 bits per heavy atom. The highest BCUT2D eigenvalue weighted by molar-refractivity contribution is 5.21. The quantitative estimate of drug-likeness (QED) is 0.723. The summed E-state index contributed by atoms with van der Waals surface area (Å²) in [5.74, 6) is 1.68. The van der Waals surface area contributed by atoms with Crippen LogP contribution in [0.3, 0.4) is 0 Å². The van der Waals surface area contributed by atoms with Gasteiger partial charge in [0, 0.05) is 12.0 Å². The highest BCUT2D eigenvalue weighted by Crippen LogP contribution is 2.33. The van der Waals surface area contributed by atoms with Gasteiger partial charge >= 0.3 is 0 Å². The molecule has 0 fully saturated rings. The molecular weight excluding hydrogens is 152 g/mol. The highest BCUT2D eigenvalue weighted by atomic mass is 16.5. The molecule has 1 heterocycles. The first-order valence-electron chi connectivity index (χ1n) is 4.55. The molecule has 3 nitrogen and oxygen atoms in total. The van der Waals surface area contributed by atoms with E-state index >= 15 is 0 Å². The fourth-order valence-corrected chi connectivity index (χ4v) is 1.96. The molecule has 0 radical (unpaired) electrons. The largest absolute Gasteiger partial charge is 0.361 e. The van der Waals surface area contributed by atoms with Crippen LogP contribution in [0.4, 0.5) is 0 Å². The average Bonchev–Trinajstić information content (AvgIpc) is 2.53. The number of rotatable bonds is 2. The maximum Gasteiger partial charge on any atom is 0.140 e. The number of nitrogens with two attached hydrogens (primary N) is 1. The predicted octanol–water partition coefficient (Wildman–Crippen LogP) is 1.44. The van der Waals surface area contributed by atoms with Crippen LogP contribution >= 0.6 is 0 Å². The molecule has 1 atom stereocenters. The van der Waals surface area contributed by atoms with Crippen molar-refractivity contribution in [2.24, 2.45) is 5.73 Å². The molecule has 12 heavy (non-hydrogen) atoms. The number of aromatic nitrogens is 1. The van der Waals surface area contributed by atoms with E-state index in [2.05, 4.69) is 5.16 Å². The highest BCUT2D eigenvalue weighted by Gasteiger charge is 2.22. The van der Waals surface area contributed by atoms with Crippen molar-refractivity contribution in [3.05, 3.63) is 17.5 Å². The Kier molecular flexibility index (Phi) is 2.13. The van der Waals surface area contributed by atoms with Crippen molar-refractivity contribution in [1.82, 2.24) is 5.16 Å². The summed E-state index contributed by atoms with van der Waals surface area (Å²) in [5, 5.41) is 3.82.